The van der Waals surface area contributed by atoms with Crippen LogP contribution in [0.5, 0.6) is 0 Å². The Morgan fingerprint density at radius 1 is 0.783 bits per heavy atom. The Balaban J connectivity index is 0.000000753. The predicted octanol–water partition coefficient (Wildman–Crippen LogP) is 5.27. The summed E-state index contributed by atoms with van der Waals surface area (Å²) in [6.07, 6.45) is 4.16. The maximum atomic E-state index is 4.60. The van der Waals surface area contributed by atoms with E-state index in [4.69, 9.17) is 0 Å². The molecule has 3 heteroatoms. The van der Waals surface area contributed by atoms with Crippen molar-refractivity contribution in [2.45, 2.75) is 13.8 Å². The molecule has 0 N–H and O–H groups in total. The topological polar surface area (TPSA) is 16.8 Å². The number of para-hydroxylation sites is 1. The highest BCUT2D eigenvalue weighted by Crippen LogP contribution is 2.29. The lowest BCUT2D eigenvalue weighted by Gasteiger charge is -1.98. The Morgan fingerprint density at radius 2 is 1.43 bits per heavy atom. The van der Waals surface area contributed by atoms with Gasteiger partial charge in [-0.05, 0) is 17.6 Å². The Hall–Kier alpha value is -2.52. The van der Waals surface area contributed by atoms with E-state index in [-0.39, 0.29) is 0 Å². The van der Waals surface area contributed by atoms with Crippen molar-refractivity contribution in [2.24, 2.45) is 0 Å². The molecule has 2 heterocycles. The highest BCUT2D eigenvalue weighted by molar-refractivity contribution is 7.13. The summed E-state index contributed by atoms with van der Waals surface area (Å²) < 4.78 is 7.94. The molecule has 0 radical (unpaired) electrons. The molecule has 23 heavy (non-hydrogen) atoms. The van der Waals surface area contributed by atoms with Crippen LogP contribution in [0.4, 0.5) is 0 Å². The summed E-state index contributed by atoms with van der Waals surface area (Å²) in [5.74, 6) is 0. The molecule has 114 valence electrons. The Bertz CT molecular complexity index is 880. The summed E-state index contributed by atoms with van der Waals surface area (Å²) in [6, 6.07) is 22.9. The van der Waals surface area contributed by atoms with Crippen molar-refractivity contribution in [1.29, 1.82) is 0 Å². The number of hydrogen-bond donors (Lipinski definition) is 0. The largest absolute Gasteiger partial charge is 0.210 e. The highest BCUT2D eigenvalue weighted by atomic mass is 32.1. The number of nitrogens with zero attached hydrogens (tertiary/aromatic N) is 2. The maximum absolute atomic E-state index is 4.60. The lowest BCUT2D eigenvalue weighted by molar-refractivity contribution is -0.595. The summed E-state index contributed by atoms with van der Waals surface area (Å²) in [5.41, 5.74) is 3.38. The number of rotatable bonds is 2. The molecule has 2 aromatic heterocycles. The van der Waals surface area contributed by atoms with Crippen LogP contribution in [0.3, 0.4) is 0 Å². The monoisotopic (exact) mass is 319 g/mol. The van der Waals surface area contributed by atoms with Gasteiger partial charge in [-0.25, -0.2) is 0 Å². The fourth-order valence-electron chi connectivity index (χ4n) is 2.45. The molecule has 4 rings (SSSR count). The van der Waals surface area contributed by atoms with Crippen LogP contribution in [-0.2, 0) is 0 Å². The summed E-state index contributed by atoms with van der Waals surface area (Å²) in [5, 5.41) is 1.22. The Morgan fingerprint density at radius 3 is 2.17 bits per heavy atom. The number of fused-ring (bicyclic) bond motifs is 1. The van der Waals surface area contributed by atoms with Gasteiger partial charge < -0.3 is 0 Å². The molecule has 0 aliphatic heterocycles. The minimum absolute atomic E-state index is 1.07. The molecule has 0 amide bonds. The molecule has 0 unspecified atom stereocenters. The first-order chi connectivity index (χ1) is 11.4. The minimum atomic E-state index is 1.07. The van der Waals surface area contributed by atoms with E-state index >= 15 is 0 Å². The Kier molecular flexibility index (Phi) is 4.79. The second-order valence-corrected chi connectivity index (χ2v) is 5.66. The van der Waals surface area contributed by atoms with Gasteiger partial charge in [-0.3, -0.25) is 0 Å². The van der Waals surface area contributed by atoms with Crippen molar-refractivity contribution in [3.63, 3.8) is 0 Å². The van der Waals surface area contributed by atoms with Crippen molar-refractivity contribution >= 4 is 21.6 Å². The molecule has 0 aliphatic rings. The van der Waals surface area contributed by atoms with Gasteiger partial charge in [0, 0.05) is 35.2 Å². The predicted molar refractivity (Wildman–Crippen MR) is 97.9 cm³/mol. The maximum Gasteiger partial charge on any atom is 0.210 e. The molecule has 0 aliphatic carbocycles. The van der Waals surface area contributed by atoms with Crippen LogP contribution in [0.1, 0.15) is 13.8 Å². The average Bonchev–Trinajstić information content (AvgIpc) is 3.08. The third-order valence-corrected chi connectivity index (χ3v) is 4.36. The van der Waals surface area contributed by atoms with Gasteiger partial charge >= 0.3 is 0 Å². The molecule has 0 bridgehead atoms. The number of pyridine rings is 1. The molecular formula is C20H19N2S+. The lowest BCUT2D eigenvalue weighted by Crippen LogP contribution is -2.28. The van der Waals surface area contributed by atoms with Gasteiger partial charge in [0.1, 0.15) is 0 Å². The van der Waals surface area contributed by atoms with E-state index in [1.807, 2.05) is 32.0 Å². The van der Waals surface area contributed by atoms with Crippen LogP contribution in [0.2, 0.25) is 0 Å². The minimum Gasteiger partial charge on any atom is -0.191 e. The van der Waals surface area contributed by atoms with Crippen LogP contribution in [0.25, 0.3) is 27.0 Å². The fraction of sp³-hybridized carbons (Fsp3) is 0.100. The molecule has 0 atom stereocenters. The van der Waals surface area contributed by atoms with E-state index in [1.165, 1.54) is 10.1 Å². The van der Waals surface area contributed by atoms with Crippen LogP contribution in [0.15, 0.2) is 79.1 Å². The van der Waals surface area contributed by atoms with E-state index in [0.29, 0.717) is 0 Å². The number of hydrogen-bond acceptors (Lipinski definition) is 2. The van der Waals surface area contributed by atoms with Gasteiger partial charge in [-0.15, -0.1) is 0 Å². The smallest absolute Gasteiger partial charge is 0.191 e. The Labute approximate surface area is 140 Å². The lowest BCUT2D eigenvalue weighted by atomic mass is 10.1. The molecular weight excluding hydrogens is 300 g/mol. The second kappa shape index (κ2) is 7.16. The molecule has 0 saturated carbocycles. The zero-order valence-corrected chi connectivity index (χ0v) is 14.1. The van der Waals surface area contributed by atoms with Crippen LogP contribution >= 0.6 is 11.5 Å². The molecule has 2 nitrogen and oxygen atoms in total. The third kappa shape index (κ3) is 3.15. The summed E-state index contributed by atoms with van der Waals surface area (Å²) in [6.45, 7) is 4.00. The van der Waals surface area contributed by atoms with Crippen molar-refractivity contribution in [3.05, 3.63) is 79.1 Å². The van der Waals surface area contributed by atoms with Gasteiger partial charge in [-0.2, -0.15) is 8.94 Å². The van der Waals surface area contributed by atoms with Gasteiger partial charge in [0.05, 0.1) is 10.4 Å². The molecule has 0 saturated heterocycles. The van der Waals surface area contributed by atoms with Gasteiger partial charge in [0.2, 0.25) is 5.69 Å². The quantitative estimate of drug-likeness (QED) is 0.460. The first-order valence-electron chi connectivity index (χ1n) is 7.83. The average molecular weight is 319 g/mol. The molecule has 2 aromatic carbocycles. The van der Waals surface area contributed by atoms with E-state index in [0.717, 1.165) is 16.9 Å². The third-order valence-electron chi connectivity index (χ3n) is 3.53. The van der Waals surface area contributed by atoms with E-state index in [2.05, 4.69) is 69.9 Å². The molecule has 4 aromatic rings. The van der Waals surface area contributed by atoms with Crippen LogP contribution in [-0.4, -0.2) is 4.37 Å². The van der Waals surface area contributed by atoms with Gasteiger partial charge in [0.25, 0.3) is 0 Å². The van der Waals surface area contributed by atoms with Crippen molar-refractivity contribution in [3.8, 4) is 16.9 Å². The normalized spacial score (nSPS) is 10.2. The van der Waals surface area contributed by atoms with E-state index in [9.17, 15) is 0 Å². The zero-order chi connectivity index (χ0) is 16.1. The summed E-state index contributed by atoms with van der Waals surface area (Å²) >= 11 is 1.55. The van der Waals surface area contributed by atoms with Crippen LogP contribution < -0.4 is 4.57 Å². The standard InChI is InChI=1S/C18H13N2S.C2H6/c1-2-6-15(7-3-1)20-12-10-14(11-13-20)18-16-8-4-5-9-17(16)21-19-18;1-2/h1-13H;1-2H3/q+1;. The summed E-state index contributed by atoms with van der Waals surface area (Å²) in [4.78, 5) is 0. The number of benzene rings is 2. The van der Waals surface area contributed by atoms with E-state index < -0.39 is 0 Å². The summed E-state index contributed by atoms with van der Waals surface area (Å²) in [7, 11) is 0. The van der Waals surface area contributed by atoms with Crippen molar-refractivity contribution in [1.82, 2.24) is 4.37 Å². The zero-order valence-electron chi connectivity index (χ0n) is 13.3. The van der Waals surface area contributed by atoms with Crippen molar-refractivity contribution < 1.29 is 4.57 Å². The highest BCUT2D eigenvalue weighted by Gasteiger charge is 2.10. The van der Waals surface area contributed by atoms with Gasteiger partial charge in [-0.1, -0.05) is 50.2 Å². The van der Waals surface area contributed by atoms with Crippen LogP contribution in [0, 0.1) is 0 Å². The number of aromatic nitrogens is 2. The van der Waals surface area contributed by atoms with Gasteiger partial charge in [0.15, 0.2) is 12.4 Å². The molecule has 0 fully saturated rings. The second-order valence-electron chi connectivity index (χ2n) is 4.86. The fourth-order valence-corrected chi connectivity index (χ4v) is 3.25. The van der Waals surface area contributed by atoms with E-state index in [1.54, 1.807) is 11.5 Å². The SMILES string of the molecule is CC.c1ccc(-[n+]2ccc(-c3nsc4ccccc34)cc2)cc1. The first kappa shape index (κ1) is 15.4. The molecule has 0 spiro atoms. The first-order valence-corrected chi connectivity index (χ1v) is 8.61. The van der Waals surface area contributed by atoms with Crippen molar-refractivity contribution in [2.75, 3.05) is 0 Å².